The molecule has 1 aliphatic rings. The molecule has 1 aliphatic heterocycles. The summed E-state index contributed by atoms with van der Waals surface area (Å²) in [7, 11) is 0. The van der Waals surface area contributed by atoms with Crippen molar-refractivity contribution in [3.05, 3.63) is 29.3 Å². The van der Waals surface area contributed by atoms with E-state index in [4.69, 9.17) is 15.3 Å². The Hall–Kier alpha value is -1.10. The fraction of sp³-hybridized carbons (Fsp3) is 0.625. The summed E-state index contributed by atoms with van der Waals surface area (Å²) in [5.74, 6) is 6.69. The zero-order valence-electron chi connectivity index (χ0n) is 12.4. The Morgan fingerprint density at radius 1 is 1.40 bits per heavy atom. The van der Waals surface area contributed by atoms with Crippen LogP contribution in [0.3, 0.4) is 0 Å². The Bertz CT molecular complexity index is 409. The van der Waals surface area contributed by atoms with Crippen LogP contribution in [0.25, 0.3) is 0 Å². The number of hydrogen-bond acceptors (Lipinski definition) is 4. The van der Waals surface area contributed by atoms with E-state index in [1.165, 1.54) is 11.1 Å². The van der Waals surface area contributed by atoms with E-state index in [0.29, 0.717) is 6.04 Å². The van der Waals surface area contributed by atoms with Crippen molar-refractivity contribution in [3.63, 3.8) is 0 Å². The minimum absolute atomic E-state index is 0.361. The van der Waals surface area contributed by atoms with E-state index in [1.54, 1.807) is 0 Å². The molecule has 4 nitrogen and oxygen atoms in total. The zero-order chi connectivity index (χ0) is 14.2. The number of hydrogen-bond donors (Lipinski definition) is 2. The van der Waals surface area contributed by atoms with Crippen LogP contribution >= 0.6 is 0 Å². The number of nitrogens with two attached hydrogens (primary N) is 1. The monoisotopic (exact) mass is 278 g/mol. The van der Waals surface area contributed by atoms with Crippen molar-refractivity contribution in [2.75, 3.05) is 19.8 Å². The van der Waals surface area contributed by atoms with Crippen LogP contribution in [0.5, 0.6) is 5.75 Å². The minimum Gasteiger partial charge on any atom is -0.493 e. The summed E-state index contributed by atoms with van der Waals surface area (Å²) < 4.78 is 10.9. The van der Waals surface area contributed by atoms with Gasteiger partial charge in [-0.15, -0.1) is 0 Å². The number of fused-ring (bicyclic) bond motifs is 1. The summed E-state index contributed by atoms with van der Waals surface area (Å²) in [4.78, 5) is 0. The fourth-order valence-electron chi connectivity index (χ4n) is 2.62. The summed E-state index contributed by atoms with van der Waals surface area (Å²) in [5.41, 5.74) is 5.64. The van der Waals surface area contributed by atoms with E-state index in [-0.39, 0.29) is 0 Å². The largest absolute Gasteiger partial charge is 0.493 e. The van der Waals surface area contributed by atoms with Gasteiger partial charge in [-0.25, -0.2) is 0 Å². The molecule has 0 saturated heterocycles. The molecule has 0 aromatic heterocycles. The first-order valence-electron chi connectivity index (χ1n) is 7.62. The molecule has 1 aromatic rings. The number of nitrogens with one attached hydrogen (secondary N) is 1. The Labute approximate surface area is 121 Å². The second-order valence-corrected chi connectivity index (χ2v) is 5.28. The summed E-state index contributed by atoms with van der Waals surface area (Å²) in [6, 6.07) is 6.89. The number of aryl methyl sites for hydroxylation is 1. The van der Waals surface area contributed by atoms with Crippen LogP contribution in [0, 0.1) is 0 Å². The van der Waals surface area contributed by atoms with Crippen LogP contribution in [0.2, 0.25) is 0 Å². The minimum atomic E-state index is 0.361. The molecule has 3 N–H and O–H groups in total. The van der Waals surface area contributed by atoms with Crippen molar-refractivity contribution in [3.8, 4) is 5.75 Å². The number of hydrazine groups is 1. The van der Waals surface area contributed by atoms with E-state index < -0.39 is 0 Å². The molecule has 0 spiro atoms. The van der Waals surface area contributed by atoms with Crippen LogP contribution in [-0.4, -0.2) is 25.9 Å². The van der Waals surface area contributed by atoms with E-state index in [9.17, 15) is 0 Å². The maximum atomic E-state index is 5.63. The summed E-state index contributed by atoms with van der Waals surface area (Å²) >= 11 is 0. The second kappa shape index (κ2) is 8.25. The molecular formula is C16H26N2O2. The molecule has 1 aromatic carbocycles. The van der Waals surface area contributed by atoms with Crippen molar-refractivity contribution in [2.45, 2.75) is 45.1 Å². The van der Waals surface area contributed by atoms with Gasteiger partial charge < -0.3 is 9.47 Å². The van der Waals surface area contributed by atoms with Gasteiger partial charge in [-0.05, 0) is 49.8 Å². The topological polar surface area (TPSA) is 56.5 Å². The van der Waals surface area contributed by atoms with Crippen LogP contribution in [-0.2, 0) is 17.6 Å². The van der Waals surface area contributed by atoms with E-state index in [1.807, 2.05) is 6.92 Å². The van der Waals surface area contributed by atoms with Gasteiger partial charge in [0.15, 0.2) is 0 Å². The lowest BCUT2D eigenvalue weighted by Gasteiger charge is -2.16. The predicted molar refractivity (Wildman–Crippen MR) is 80.8 cm³/mol. The lowest BCUT2D eigenvalue weighted by atomic mass is 10.00. The Morgan fingerprint density at radius 2 is 2.30 bits per heavy atom. The Kier molecular flexibility index (Phi) is 6.30. The van der Waals surface area contributed by atoms with Gasteiger partial charge in [0.2, 0.25) is 0 Å². The van der Waals surface area contributed by atoms with Crippen molar-refractivity contribution in [1.82, 2.24) is 5.43 Å². The van der Waals surface area contributed by atoms with Gasteiger partial charge in [0.05, 0.1) is 6.61 Å². The van der Waals surface area contributed by atoms with Gasteiger partial charge in [-0.2, -0.15) is 0 Å². The third-order valence-corrected chi connectivity index (χ3v) is 3.82. The van der Waals surface area contributed by atoms with Gasteiger partial charge >= 0.3 is 0 Å². The zero-order valence-corrected chi connectivity index (χ0v) is 12.4. The highest BCUT2D eigenvalue weighted by Gasteiger charge is 2.13. The van der Waals surface area contributed by atoms with E-state index >= 15 is 0 Å². The van der Waals surface area contributed by atoms with Crippen LogP contribution in [0.15, 0.2) is 18.2 Å². The lowest BCUT2D eigenvalue weighted by molar-refractivity contribution is 0.140. The molecule has 1 heterocycles. The first-order valence-corrected chi connectivity index (χ1v) is 7.62. The molecule has 0 aliphatic carbocycles. The summed E-state index contributed by atoms with van der Waals surface area (Å²) in [6.07, 6.45) is 5.26. The highest BCUT2D eigenvalue weighted by Crippen LogP contribution is 2.26. The maximum absolute atomic E-state index is 5.63. The van der Waals surface area contributed by atoms with Crippen LogP contribution in [0.4, 0.5) is 0 Å². The lowest BCUT2D eigenvalue weighted by Crippen LogP contribution is -2.35. The van der Waals surface area contributed by atoms with Crippen LogP contribution < -0.4 is 16.0 Å². The van der Waals surface area contributed by atoms with Crippen molar-refractivity contribution >= 4 is 0 Å². The summed E-state index contributed by atoms with van der Waals surface area (Å²) in [6.45, 7) is 4.46. The van der Waals surface area contributed by atoms with Crippen molar-refractivity contribution < 1.29 is 9.47 Å². The molecular weight excluding hydrogens is 252 g/mol. The van der Waals surface area contributed by atoms with Gasteiger partial charge in [0.1, 0.15) is 5.75 Å². The van der Waals surface area contributed by atoms with Gasteiger partial charge in [0.25, 0.3) is 0 Å². The summed E-state index contributed by atoms with van der Waals surface area (Å²) in [5, 5.41) is 0. The van der Waals surface area contributed by atoms with Gasteiger partial charge in [-0.3, -0.25) is 11.3 Å². The molecule has 2 rings (SSSR count). The number of rotatable bonds is 9. The predicted octanol–water partition coefficient (Wildman–Crippen LogP) is 2.20. The van der Waals surface area contributed by atoms with Gasteiger partial charge in [0, 0.05) is 25.7 Å². The first kappa shape index (κ1) is 15.3. The average molecular weight is 278 g/mol. The number of benzene rings is 1. The highest BCUT2D eigenvalue weighted by molar-refractivity contribution is 5.39. The number of ether oxygens (including phenoxy) is 2. The molecule has 0 fully saturated rings. The molecule has 0 amide bonds. The molecule has 0 bridgehead atoms. The van der Waals surface area contributed by atoms with E-state index in [0.717, 1.165) is 57.7 Å². The Morgan fingerprint density at radius 3 is 3.10 bits per heavy atom. The first-order chi connectivity index (χ1) is 9.83. The SMILES string of the molecule is CCOCCCC(CCc1ccc2c(c1)CCO2)NN. The fourth-order valence-corrected chi connectivity index (χ4v) is 2.62. The van der Waals surface area contributed by atoms with Gasteiger partial charge in [-0.1, -0.05) is 12.1 Å². The molecule has 0 saturated carbocycles. The highest BCUT2D eigenvalue weighted by atomic mass is 16.5. The standard InChI is InChI=1S/C16H26N2O2/c1-2-19-10-3-4-15(18-17)7-5-13-6-8-16-14(12-13)9-11-20-16/h6,8,12,15,18H,2-5,7,9-11,17H2,1H3. The molecule has 1 unspecified atom stereocenters. The molecule has 20 heavy (non-hydrogen) atoms. The smallest absolute Gasteiger partial charge is 0.122 e. The third-order valence-electron chi connectivity index (χ3n) is 3.82. The third kappa shape index (κ3) is 4.47. The normalized spacial score (nSPS) is 14.9. The van der Waals surface area contributed by atoms with E-state index in [2.05, 4.69) is 23.6 Å². The second-order valence-electron chi connectivity index (χ2n) is 5.28. The maximum Gasteiger partial charge on any atom is 0.122 e. The average Bonchev–Trinajstić information content (AvgIpc) is 2.94. The van der Waals surface area contributed by atoms with Crippen molar-refractivity contribution in [2.24, 2.45) is 5.84 Å². The molecule has 112 valence electrons. The Balaban J connectivity index is 1.75. The molecule has 0 radical (unpaired) electrons. The van der Waals surface area contributed by atoms with Crippen molar-refractivity contribution in [1.29, 1.82) is 0 Å². The molecule has 1 atom stereocenters. The van der Waals surface area contributed by atoms with Crippen LogP contribution in [0.1, 0.15) is 37.3 Å². The molecule has 4 heteroatoms. The quantitative estimate of drug-likeness (QED) is 0.413.